The molecule has 0 amide bonds. The molecular formula is C22H40N4O2. The minimum absolute atomic E-state index is 0.359. The lowest BCUT2D eigenvalue weighted by atomic mass is 9.60. The number of ether oxygens (including phenoxy) is 2. The average Bonchev–Trinajstić information content (AvgIpc) is 3.39. The topological polar surface area (TPSA) is 49.3 Å². The van der Waals surface area contributed by atoms with Crippen LogP contribution in [0.4, 0.5) is 0 Å². The number of nitrogens with one attached hydrogen (secondary N) is 1. The van der Waals surface area contributed by atoms with Gasteiger partial charge < -0.3 is 19.7 Å². The van der Waals surface area contributed by atoms with Gasteiger partial charge in [-0.05, 0) is 45.4 Å². The molecule has 6 nitrogen and oxygen atoms in total. The first-order chi connectivity index (χ1) is 13.7. The van der Waals surface area contributed by atoms with E-state index in [-0.39, 0.29) is 0 Å². The first-order valence-electron chi connectivity index (χ1n) is 11.7. The maximum Gasteiger partial charge on any atom is 0.194 e. The maximum absolute atomic E-state index is 6.11. The summed E-state index contributed by atoms with van der Waals surface area (Å²) in [5.41, 5.74) is 0.359. The molecule has 2 aliphatic carbocycles. The van der Waals surface area contributed by atoms with Crippen molar-refractivity contribution in [1.29, 1.82) is 0 Å². The van der Waals surface area contributed by atoms with Crippen molar-refractivity contribution in [2.75, 3.05) is 59.1 Å². The molecule has 160 valence electrons. The Labute approximate surface area is 171 Å². The molecule has 2 saturated carbocycles. The molecule has 3 atom stereocenters. The van der Waals surface area contributed by atoms with Gasteiger partial charge in [0.1, 0.15) is 0 Å². The summed E-state index contributed by atoms with van der Waals surface area (Å²) < 4.78 is 11.6. The molecule has 2 heterocycles. The van der Waals surface area contributed by atoms with Crippen molar-refractivity contribution >= 4 is 5.96 Å². The second-order valence-electron chi connectivity index (χ2n) is 9.13. The summed E-state index contributed by atoms with van der Waals surface area (Å²) in [6.45, 7) is 13.4. The monoisotopic (exact) mass is 392 g/mol. The number of nitrogens with zero attached hydrogens (tertiary/aromatic N) is 3. The Morgan fingerprint density at radius 3 is 2.68 bits per heavy atom. The zero-order valence-corrected chi connectivity index (χ0v) is 18.0. The quantitative estimate of drug-likeness (QED) is 0.555. The first kappa shape index (κ1) is 20.4. The fourth-order valence-electron chi connectivity index (χ4n) is 5.95. The van der Waals surface area contributed by atoms with Crippen LogP contribution in [0, 0.1) is 11.3 Å². The van der Waals surface area contributed by atoms with Crippen molar-refractivity contribution in [3.63, 3.8) is 0 Å². The zero-order chi connectivity index (χ0) is 19.4. The average molecular weight is 393 g/mol. The summed E-state index contributed by atoms with van der Waals surface area (Å²) in [7, 11) is 0. The Morgan fingerprint density at radius 1 is 1.18 bits per heavy atom. The number of rotatable bonds is 6. The molecule has 0 bridgehead atoms. The summed E-state index contributed by atoms with van der Waals surface area (Å²) in [5, 5.41) is 3.90. The van der Waals surface area contributed by atoms with Crippen LogP contribution in [-0.2, 0) is 9.47 Å². The molecule has 1 spiro atoms. The van der Waals surface area contributed by atoms with Gasteiger partial charge in [-0.25, -0.2) is 0 Å². The van der Waals surface area contributed by atoms with E-state index in [9.17, 15) is 0 Å². The SMILES string of the molecule is CCN=C(NC1CC(OCC)C12CCCC2)N1CCC(CN2CCOCC2)C1. The lowest BCUT2D eigenvalue weighted by Gasteiger charge is -2.54. The van der Waals surface area contributed by atoms with Crippen LogP contribution in [0.15, 0.2) is 4.99 Å². The van der Waals surface area contributed by atoms with E-state index < -0.39 is 0 Å². The van der Waals surface area contributed by atoms with Gasteiger partial charge >= 0.3 is 0 Å². The van der Waals surface area contributed by atoms with Crippen LogP contribution in [0.2, 0.25) is 0 Å². The minimum atomic E-state index is 0.359. The van der Waals surface area contributed by atoms with E-state index in [2.05, 4.69) is 29.0 Å². The predicted octanol–water partition coefficient (Wildman–Crippen LogP) is 2.34. The number of aliphatic imine (C=N–C) groups is 1. The molecule has 3 unspecified atom stereocenters. The molecule has 28 heavy (non-hydrogen) atoms. The highest BCUT2D eigenvalue weighted by molar-refractivity contribution is 5.81. The third-order valence-electron chi connectivity index (χ3n) is 7.50. The zero-order valence-electron chi connectivity index (χ0n) is 18.0. The van der Waals surface area contributed by atoms with Gasteiger partial charge in [-0.1, -0.05) is 12.8 Å². The standard InChI is InChI=1S/C22H40N4O2/c1-3-23-21(24-19-15-20(28-4-2)22(19)8-5-6-9-22)26-10-7-18(17-26)16-25-11-13-27-14-12-25/h18-20H,3-17H2,1-2H3,(H,23,24). The fraction of sp³-hybridized carbons (Fsp3) is 0.955. The smallest absolute Gasteiger partial charge is 0.194 e. The number of morpholine rings is 1. The van der Waals surface area contributed by atoms with Crippen molar-refractivity contribution in [3.8, 4) is 0 Å². The number of guanidine groups is 1. The van der Waals surface area contributed by atoms with Crippen LogP contribution in [-0.4, -0.2) is 87.0 Å². The number of hydrogen-bond donors (Lipinski definition) is 1. The minimum Gasteiger partial charge on any atom is -0.379 e. The predicted molar refractivity (Wildman–Crippen MR) is 113 cm³/mol. The molecule has 2 aliphatic heterocycles. The molecule has 2 saturated heterocycles. The van der Waals surface area contributed by atoms with Crippen LogP contribution in [0.5, 0.6) is 0 Å². The van der Waals surface area contributed by atoms with Gasteiger partial charge in [0.15, 0.2) is 5.96 Å². The van der Waals surface area contributed by atoms with Crippen LogP contribution in [0.3, 0.4) is 0 Å². The van der Waals surface area contributed by atoms with Crippen molar-refractivity contribution < 1.29 is 9.47 Å². The maximum atomic E-state index is 6.11. The summed E-state index contributed by atoms with van der Waals surface area (Å²) >= 11 is 0. The Bertz CT molecular complexity index is 529. The van der Waals surface area contributed by atoms with Crippen LogP contribution in [0.1, 0.15) is 52.4 Å². The van der Waals surface area contributed by atoms with E-state index in [0.717, 1.165) is 70.8 Å². The Morgan fingerprint density at radius 2 is 1.96 bits per heavy atom. The van der Waals surface area contributed by atoms with Crippen molar-refractivity contribution in [2.24, 2.45) is 16.3 Å². The van der Waals surface area contributed by atoms with Gasteiger partial charge in [0.2, 0.25) is 0 Å². The largest absolute Gasteiger partial charge is 0.379 e. The second kappa shape index (κ2) is 9.31. The van der Waals surface area contributed by atoms with Crippen molar-refractivity contribution in [2.45, 2.75) is 64.5 Å². The number of likely N-dealkylation sites (tertiary alicyclic amines) is 1. The molecular weight excluding hydrogens is 352 g/mol. The summed E-state index contributed by atoms with van der Waals surface area (Å²) in [5.74, 6) is 1.90. The lowest BCUT2D eigenvalue weighted by molar-refractivity contribution is -0.126. The van der Waals surface area contributed by atoms with Crippen LogP contribution >= 0.6 is 0 Å². The van der Waals surface area contributed by atoms with Crippen LogP contribution in [0.25, 0.3) is 0 Å². The summed E-state index contributed by atoms with van der Waals surface area (Å²) in [6, 6.07) is 0.537. The Kier molecular flexibility index (Phi) is 6.79. The molecule has 1 N–H and O–H groups in total. The van der Waals surface area contributed by atoms with E-state index in [1.54, 1.807) is 0 Å². The molecule has 4 aliphatic rings. The van der Waals surface area contributed by atoms with Crippen LogP contribution < -0.4 is 5.32 Å². The van der Waals surface area contributed by atoms with E-state index in [4.69, 9.17) is 14.5 Å². The van der Waals surface area contributed by atoms with E-state index in [1.807, 2.05) is 0 Å². The third kappa shape index (κ3) is 4.19. The summed E-state index contributed by atoms with van der Waals surface area (Å²) in [6.07, 6.45) is 8.21. The molecule has 0 aromatic carbocycles. The van der Waals surface area contributed by atoms with Gasteiger partial charge in [-0.2, -0.15) is 0 Å². The van der Waals surface area contributed by atoms with Gasteiger partial charge in [-0.15, -0.1) is 0 Å². The van der Waals surface area contributed by atoms with Gasteiger partial charge in [0, 0.05) is 57.3 Å². The molecule has 0 radical (unpaired) electrons. The second-order valence-corrected chi connectivity index (χ2v) is 9.13. The molecule has 0 aromatic rings. The Hall–Kier alpha value is -0.850. The first-order valence-corrected chi connectivity index (χ1v) is 11.7. The number of hydrogen-bond acceptors (Lipinski definition) is 4. The van der Waals surface area contributed by atoms with Crippen molar-refractivity contribution in [3.05, 3.63) is 0 Å². The van der Waals surface area contributed by atoms with Crippen molar-refractivity contribution in [1.82, 2.24) is 15.1 Å². The van der Waals surface area contributed by atoms with Gasteiger partial charge in [0.05, 0.1) is 19.3 Å². The molecule has 6 heteroatoms. The molecule has 4 rings (SSSR count). The lowest BCUT2D eigenvalue weighted by Crippen LogP contribution is -2.65. The Balaban J connectivity index is 1.34. The van der Waals surface area contributed by atoms with E-state index in [0.29, 0.717) is 17.6 Å². The highest BCUT2D eigenvalue weighted by atomic mass is 16.5. The molecule has 0 aromatic heterocycles. The highest BCUT2D eigenvalue weighted by Crippen LogP contribution is 2.54. The van der Waals surface area contributed by atoms with E-state index in [1.165, 1.54) is 38.6 Å². The van der Waals surface area contributed by atoms with Gasteiger partial charge in [-0.3, -0.25) is 9.89 Å². The normalized spacial score (nSPS) is 33.4. The summed E-state index contributed by atoms with van der Waals surface area (Å²) in [4.78, 5) is 9.99. The van der Waals surface area contributed by atoms with E-state index >= 15 is 0 Å². The highest BCUT2D eigenvalue weighted by Gasteiger charge is 2.57. The van der Waals surface area contributed by atoms with Gasteiger partial charge in [0.25, 0.3) is 0 Å². The fourth-order valence-corrected chi connectivity index (χ4v) is 5.95. The third-order valence-corrected chi connectivity index (χ3v) is 7.50. The molecule has 4 fully saturated rings.